The predicted octanol–water partition coefficient (Wildman–Crippen LogP) is 1.21. The number of hydrogen-bond acceptors (Lipinski definition) is 7. The van der Waals surface area contributed by atoms with Gasteiger partial charge in [-0.2, -0.15) is 4.98 Å². The summed E-state index contributed by atoms with van der Waals surface area (Å²) in [5, 5.41) is 14.8. The van der Waals surface area contributed by atoms with E-state index in [1.807, 2.05) is 19.0 Å². The lowest BCUT2D eigenvalue weighted by atomic mass is 10.2. The van der Waals surface area contributed by atoms with Gasteiger partial charge < -0.3 is 15.2 Å². The third-order valence-corrected chi connectivity index (χ3v) is 2.67. The lowest BCUT2D eigenvalue weighted by Crippen LogP contribution is -2.26. The Kier molecular flexibility index (Phi) is 4.06. The molecule has 1 heterocycles. The molecule has 1 atom stereocenters. The lowest BCUT2D eigenvalue weighted by Gasteiger charge is -2.12. The average molecular weight is 277 g/mol. The molecular formula is C12H15N5O3. The summed E-state index contributed by atoms with van der Waals surface area (Å²) in [6, 6.07) is 5.79. The van der Waals surface area contributed by atoms with Crippen LogP contribution in [-0.2, 0) is 0 Å². The lowest BCUT2D eigenvalue weighted by molar-refractivity contribution is -0.384. The van der Waals surface area contributed by atoms with Crippen LogP contribution < -0.4 is 5.73 Å². The smallest absolute Gasteiger partial charge is 0.282 e. The van der Waals surface area contributed by atoms with Crippen molar-refractivity contribution in [3.63, 3.8) is 0 Å². The summed E-state index contributed by atoms with van der Waals surface area (Å²) in [5.74, 6) is 0.424. The Morgan fingerprint density at radius 2 is 2.15 bits per heavy atom. The highest BCUT2D eigenvalue weighted by Crippen LogP contribution is 2.28. The number of rotatable bonds is 5. The van der Waals surface area contributed by atoms with E-state index in [4.69, 9.17) is 10.3 Å². The zero-order valence-corrected chi connectivity index (χ0v) is 11.2. The van der Waals surface area contributed by atoms with Gasteiger partial charge in [0.2, 0.25) is 0 Å². The summed E-state index contributed by atoms with van der Waals surface area (Å²) in [5.41, 5.74) is 6.13. The van der Waals surface area contributed by atoms with Crippen LogP contribution in [0, 0.1) is 10.1 Å². The molecule has 20 heavy (non-hydrogen) atoms. The second-order valence-electron chi connectivity index (χ2n) is 4.60. The Morgan fingerprint density at radius 1 is 1.45 bits per heavy atom. The zero-order valence-electron chi connectivity index (χ0n) is 11.2. The van der Waals surface area contributed by atoms with E-state index in [9.17, 15) is 10.1 Å². The third-order valence-electron chi connectivity index (χ3n) is 2.67. The molecule has 0 spiro atoms. The van der Waals surface area contributed by atoms with Crippen LogP contribution in [0.5, 0.6) is 0 Å². The van der Waals surface area contributed by atoms with Gasteiger partial charge in [-0.3, -0.25) is 10.1 Å². The van der Waals surface area contributed by atoms with E-state index in [0.29, 0.717) is 12.4 Å². The molecule has 0 bridgehead atoms. The normalized spacial score (nSPS) is 12.6. The monoisotopic (exact) mass is 277 g/mol. The van der Waals surface area contributed by atoms with E-state index in [1.54, 1.807) is 18.2 Å². The second kappa shape index (κ2) is 5.76. The van der Waals surface area contributed by atoms with Crippen molar-refractivity contribution in [2.45, 2.75) is 6.04 Å². The highest BCUT2D eigenvalue weighted by Gasteiger charge is 2.21. The largest absolute Gasteiger partial charge is 0.334 e. The van der Waals surface area contributed by atoms with Crippen LogP contribution in [0.3, 0.4) is 0 Å². The molecule has 2 aromatic rings. The van der Waals surface area contributed by atoms with Gasteiger partial charge in [-0.1, -0.05) is 17.3 Å². The first-order valence-electron chi connectivity index (χ1n) is 5.96. The van der Waals surface area contributed by atoms with Gasteiger partial charge >= 0.3 is 0 Å². The Morgan fingerprint density at radius 3 is 2.80 bits per heavy atom. The van der Waals surface area contributed by atoms with Crippen molar-refractivity contribution >= 4 is 5.69 Å². The molecule has 0 saturated carbocycles. The molecule has 0 fully saturated rings. The minimum atomic E-state index is -0.487. The van der Waals surface area contributed by atoms with Crippen molar-refractivity contribution in [1.82, 2.24) is 15.0 Å². The molecule has 8 nitrogen and oxygen atoms in total. The van der Waals surface area contributed by atoms with E-state index >= 15 is 0 Å². The molecule has 0 aliphatic rings. The number of benzene rings is 1. The van der Waals surface area contributed by atoms with Crippen LogP contribution in [0.2, 0.25) is 0 Å². The number of hydrogen-bond donors (Lipinski definition) is 1. The summed E-state index contributed by atoms with van der Waals surface area (Å²) < 4.78 is 5.08. The molecule has 1 unspecified atom stereocenters. The fourth-order valence-corrected chi connectivity index (χ4v) is 1.78. The van der Waals surface area contributed by atoms with Crippen molar-refractivity contribution in [2.75, 3.05) is 20.6 Å². The van der Waals surface area contributed by atoms with Crippen LogP contribution in [0.1, 0.15) is 11.9 Å². The molecule has 0 saturated heterocycles. The Hall–Kier alpha value is -2.32. The molecule has 1 aromatic heterocycles. The van der Waals surface area contributed by atoms with E-state index in [-0.39, 0.29) is 17.1 Å². The summed E-state index contributed by atoms with van der Waals surface area (Å²) in [6.45, 7) is 0.551. The standard InChI is InChI=1S/C12H15N5O3/c1-16(2)7-9(13)11-14-12(20-15-11)8-5-3-4-6-10(8)17(18)19/h3-6,9H,7,13H2,1-2H3. The molecule has 0 aliphatic carbocycles. The highest BCUT2D eigenvalue weighted by molar-refractivity contribution is 5.66. The van der Waals surface area contributed by atoms with Gasteiger partial charge in [0.25, 0.3) is 11.6 Å². The van der Waals surface area contributed by atoms with Crippen molar-refractivity contribution in [1.29, 1.82) is 0 Å². The van der Waals surface area contributed by atoms with Crippen LogP contribution in [-0.4, -0.2) is 40.6 Å². The number of nitrogens with zero attached hydrogens (tertiary/aromatic N) is 4. The molecule has 2 rings (SSSR count). The summed E-state index contributed by atoms with van der Waals surface area (Å²) >= 11 is 0. The number of para-hydroxylation sites is 1. The number of likely N-dealkylation sites (N-methyl/N-ethyl adjacent to an activating group) is 1. The summed E-state index contributed by atoms with van der Waals surface area (Å²) in [6.07, 6.45) is 0. The maximum atomic E-state index is 11.0. The summed E-state index contributed by atoms with van der Waals surface area (Å²) in [4.78, 5) is 16.5. The van der Waals surface area contributed by atoms with Crippen LogP contribution in [0.4, 0.5) is 5.69 Å². The van der Waals surface area contributed by atoms with Crippen LogP contribution in [0.15, 0.2) is 28.8 Å². The number of nitro benzene ring substituents is 1. The number of aromatic nitrogens is 2. The van der Waals surface area contributed by atoms with Gasteiger partial charge in [0, 0.05) is 12.6 Å². The maximum Gasteiger partial charge on any atom is 0.282 e. The van der Waals surface area contributed by atoms with Crippen molar-refractivity contribution in [3.05, 3.63) is 40.2 Å². The van der Waals surface area contributed by atoms with Crippen molar-refractivity contribution < 1.29 is 9.45 Å². The molecule has 0 amide bonds. The highest BCUT2D eigenvalue weighted by atomic mass is 16.6. The van der Waals surface area contributed by atoms with Gasteiger partial charge in [0.05, 0.1) is 11.0 Å². The summed E-state index contributed by atoms with van der Waals surface area (Å²) in [7, 11) is 3.76. The average Bonchev–Trinajstić information content (AvgIpc) is 2.87. The zero-order chi connectivity index (χ0) is 14.7. The van der Waals surface area contributed by atoms with Crippen molar-refractivity contribution in [3.8, 4) is 11.5 Å². The van der Waals surface area contributed by atoms with Gasteiger partial charge in [-0.05, 0) is 20.2 Å². The van der Waals surface area contributed by atoms with Crippen molar-refractivity contribution in [2.24, 2.45) is 5.73 Å². The number of nitro groups is 1. The van der Waals surface area contributed by atoms with Gasteiger partial charge in [0.15, 0.2) is 5.82 Å². The first-order chi connectivity index (χ1) is 9.49. The topological polar surface area (TPSA) is 111 Å². The van der Waals surface area contributed by atoms with Gasteiger partial charge in [0.1, 0.15) is 5.56 Å². The number of nitrogens with two attached hydrogens (primary N) is 1. The molecule has 0 aliphatic heterocycles. The predicted molar refractivity (Wildman–Crippen MR) is 71.9 cm³/mol. The van der Waals surface area contributed by atoms with E-state index in [0.717, 1.165) is 0 Å². The van der Waals surface area contributed by atoms with E-state index in [1.165, 1.54) is 6.07 Å². The third kappa shape index (κ3) is 2.98. The molecule has 2 N–H and O–H groups in total. The molecule has 106 valence electrons. The van der Waals surface area contributed by atoms with E-state index in [2.05, 4.69) is 10.1 Å². The second-order valence-corrected chi connectivity index (χ2v) is 4.60. The molecule has 0 radical (unpaired) electrons. The van der Waals surface area contributed by atoms with Gasteiger partial charge in [-0.25, -0.2) is 0 Å². The first kappa shape index (κ1) is 14.1. The van der Waals surface area contributed by atoms with E-state index < -0.39 is 11.0 Å². The fraction of sp³-hybridized carbons (Fsp3) is 0.333. The SMILES string of the molecule is CN(C)CC(N)c1noc(-c2ccccc2[N+](=O)[O-])n1. The van der Waals surface area contributed by atoms with Crippen LogP contribution >= 0.6 is 0 Å². The fourth-order valence-electron chi connectivity index (χ4n) is 1.78. The molecule has 8 heteroatoms. The van der Waals surface area contributed by atoms with Crippen LogP contribution in [0.25, 0.3) is 11.5 Å². The minimum absolute atomic E-state index is 0.0797. The first-order valence-corrected chi connectivity index (χ1v) is 5.96. The maximum absolute atomic E-state index is 11.0. The quantitative estimate of drug-likeness (QED) is 0.645. The minimum Gasteiger partial charge on any atom is -0.334 e. The molecular weight excluding hydrogens is 262 g/mol. The Balaban J connectivity index is 2.32. The Bertz CT molecular complexity index is 611. The molecule has 1 aromatic carbocycles. The van der Waals surface area contributed by atoms with Gasteiger partial charge in [-0.15, -0.1) is 0 Å². The Labute approximate surface area is 115 Å².